The van der Waals surface area contributed by atoms with Gasteiger partial charge in [-0.1, -0.05) is 20.8 Å². The van der Waals surface area contributed by atoms with E-state index in [0.717, 1.165) is 6.42 Å². The number of Topliss-reactive ketones (excluding diaryl/α,β-unsaturated/α-hetero) is 1. The highest BCUT2D eigenvalue weighted by atomic mass is 16.6. The number of hydrogen-bond donors (Lipinski definition) is 0. The molecule has 0 spiro atoms. The molecular formula is C12H19N3O3. The summed E-state index contributed by atoms with van der Waals surface area (Å²) >= 11 is 0. The van der Waals surface area contributed by atoms with Gasteiger partial charge in [-0.2, -0.15) is 5.10 Å². The van der Waals surface area contributed by atoms with Crippen molar-refractivity contribution in [2.75, 3.05) is 0 Å². The molecule has 0 radical (unpaired) electrons. The molecule has 6 nitrogen and oxygen atoms in total. The normalized spacial score (nSPS) is 10.9. The number of carbonyl (C=O) groups excluding carboxylic acids is 1. The van der Waals surface area contributed by atoms with Gasteiger partial charge in [-0.05, 0) is 13.3 Å². The molecule has 1 rings (SSSR count). The molecule has 0 unspecified atom stereocenters. The fourth-order valence-corrected chi connectivity index (χ4v) is 1.80. The summed E-state index contributed by atoms with van der Waals surface area (Å²) in [5.74, 6) is -0.134. The lowest BCUT2D eigenvalue weighted by atomic mass is 10.0. The quantitative estimate of drug-likeness (QED) is 0.575. The molecule has 0 aliphatic rings. The van der Waals surface area contributed by atoms with Gasteiger partial charge in [0, 0.05) is 12.5 Å². The number of nitro groups is 1. The van der Waals surface area contributed by atoms with Gasteiger partial charge in [-0.3, -0.25) is 19.6 Å². The number of carbonyl (C=O) groups is 1. The molecule has 0 saturated heterocycles. The minimum atomic E-state index is -0.447. The van der Waals surface area contributed by atoms with Gasteiger partial charge in [0.15, 0.2) is 0 Å². The van der Waals surface area contributed by atoms with Gasteiger partial charge in [-0.25, -0.2) is 0 Å². The summed E-state index contributed by atoms with van der Waals surface area (Å²) in [5, 5.41) is 15.2. The highest BCUT2D eigenvalue weighted by molar-refractivity contribution is 5.83. The lowest BCUT2D eigenvalue weighted by Crippen LogP contribution is -2.15. The lowest BCUT2D eigenvalue weighted by Gasteiger charge is -2.06. The number of aromatic nitrogens is 2. The standard InChI is InChI=1S/C12H19N3O3/c1-5-6-14-10(7-11(16)8(2)3)12(15(17)18)9(4)13-14/h8H,5-7H2,1-4H3. The summed E-state index contributed by atoms with van der Waals surface area (Å²) in [4.78, 5) is 22.4. The second-order valence-electron chi connectivity index (χ2n) is 4.66. The van der Waals surface area contributed by atoms with Gasteiger partial charge in [0.25, 0.3) is 0 Å². The Morgan fingerprint density at radius 3 is 2.56 bits per heavy atom. The second kappa shape index (κ2) is 5.75. The first-order valence-electron chi connectivity index (χ1n) is 6.11. The van der Waals surface area contributed by atoms with Crippen LogP contribution in [0.2, 0.25) is 0 Å². The summed E-state index contributed by atoms with van der Waals surface area (Å²) in [6.45, 7) is 7.75. The van der Waals surface area contributed by atoms with Crippen LogP contribution in [-0.4, -0.2) is 20.5 Å². The summed E-state index contributed by atoms with van der Waals surface area (Å²) in [5.41, 5.74) is 0.788. The first kappa shape index (κ1) is 14.3. The number of aryl methyl sites for hydroxylation is 2. The van der Waals surface area contributed by atoms with Crippen molar-refractivity contribution in [2.24, 2.45) is 5.92 Å². The summed E-state index contributed by atoms with van der Waals surface area (Å²) in [7, 11) is 0. The molecule has 18 heavy (non-hydrogen) atoms. The van der Waals surface area contributed by atoms with Crippen LogP contribution >= 0.6 is 0 Å². The SMILES string of the molecule is CCCn1nc(C)c([N+](=O)[O-])c1CC(=O)C(C)C. The average molecular weight is 253 g/mol. The van der Waals surface area contributed by atoms with Crippen molar-refractivity contribution < 1.29 is 9.72 Å². The van der Waals surface area contributed by atoms with E-state index in [2.05, 4.69) is 5.10 Å². The Bertz CT molecular complexity index is 463. The third-order valence-corrected chi connectivity index (χ3v) is 2.80. The molecule has 0 aliphatic carbocycles. The van der Waals surface area contributed by atoms with E-state index in [-0.39, 0.29) is 23.8 Å². The Morgan fingerprint density at radius 2 is 2.11 bits per heavy atom. The van der Waals surface area contributed by atoms with E-state index in [4.69, 9.17) is 0 Å². The van der Waals surface area contributed by atoms with Gasteiger partial charge in [0.1, 0.15) is 17.2 Å². The molecular weight excluding hydrogens is 234 g/mol. The Hall–Kier alpha value is -1.72. The van der Waals surface area contributed by atoms with Gasteiger partial charge in [0.05, 0.1) is 11.3 Å². The second-order valence-corrected chi connectivity index (χ2v) is 4.66. The first-order chi connectivity index (χ1) is 8.38. The number of ketones is 1. The Morgan fingerprint density at radius 1 is 1.50 bits per heavy atom. The van der Waals surface area contributed by atoms with Gasteiger partial charge in [-0.15, -0.1) is 0 Å². The Labute approximate surface area is 106 Å². The van der Waals surface area contributed by atoms with Crippen LogP contribution in [0.5, 0.6) is 0 Å². The van der Waals surface area contributed by atoms with Crippen LogP contribution < -0.4 is 0 Å². The molecule has 6 heteroatoms. The highest BCUT2D eigenvalue weighted by Gasteiger charge is 2.27. The van der Waals surface area contributed by atoms with Crippen molar-refractivity contribution >= 4 is 11.5 Å². The molecule has 0 amide bonds. The van der Waals surface area contributed by atoms with Crippen LogP contribution in [0.3, 0.4) is 0 Å². The smallest absolute Gasteiger partial charge is 0.299 e. The molecule has 0 N–H and O–H groups in total. The predicted octanol–water partition coefficient (Wildman–Crippen LogP) is 2.28. The van der Waals surface area contributed by atoms with Crippen LogP contribution in [0, 0.1) is 23.0 Å². The van der Waals surface area contributed by atoms with Crippen LogP contribution in [0.1, 0.15) is 38.6 Å². The third kappa shape index (κ3) is 2.94. The van der Waals surface area contributed by atoms with E-state index < -0.39 is 4.92 Å². The first-order valence-corrected chi connectivity index (χ1v) is 6.11. The van der Waals surface area contributed by atoms with E-state index in [1.54, 1.807) is 25.5 Å². The maximum absolute atomic E-state index is 11.8. The molecule has 1 heterocycles. The third-order valence-electron chi connectivity index (χ3n) is 2.80. The fourth-order valence-electron chi connectivity index (χ4n) is 1.80. The van der Waals surface area contributed by atoms with Crippen molar-refractivity contribution in [1.29, 1.82) is 0 Å². The molecule has 100 valence electrons. The monoisotopic (exact) mass is 253 g/mol. The average Bonchev–Trinajstić information content (AvgIpc) is 2.55. The van der Waals surface area contributed by atoms with E-state index >= 15 is 0 Å². The topological polar surface area (TPSA) is 78.0 Å². The Kier molecular flexibility index (Phi) is 4.58. The van der Waals surface area contributed by atoms with Crippen molar-refractivity contribution in [3.05, 3.63) is 21.5 Å². The number of nitrogens with zero attached hydrogens (tertiary/aromatic N) is 3. The maximum Gasteiger partial charge on any atom is 0.313 e. The van der Waals surface area contributed by atoms with Crippen molar-refractivity contribution in [3.63, 3.8) is 0 Å². The van der Waals surface area contributed by atoms with Gasteiger partial charge < -0.3 is 0 Å². The maximum atomic E-state index is 11.8. The molecule has 0 aliphatic heterocycles. The zero-order chi connectivity index (χ0) is 13.9. The molecule has 1 aromatic rings. The van der Waals surface area contributed by atoms with E-state index in [1.807, 2.05) is 6.92 Å². The zero-order valence-electron chi connectivity index (χ0n) is 11.3. The number of hydrogen-bond acceptors (Lipinski definition) is 4. The Balaban J connectivity index is 3.19. The minimum Gasteiger partial charge on any atom is -0.299 e. The van der Waals surface area contributed by atoms with Crippen LogP contribution in [-0.2, 0) is 17.8 Å². The summed E-state index contributed by atoms with van der Waals surface area (Å²) in [6, 6.07) is 0. The molecule has 0 atom stereocenters. The van der Waals surface area contributed by atoms with Crippen molar-refractivity contribution in [2.45, 2.75) is 47.1 Å². The molecule has 1 aromatic heterocycles. The van der Waals surface area contributed by atoms with E-state index in [0.29, 0.717) is 17.9 Å². The molecule has 0 fully saturated rings. The largest absolute Gasteiger partial charge is 0.313 e. The van der Waals surface area contributed by atoms with Crippen molar-refractivity contribution in [1.82, 2.24) is 9.78 Å². The van der Waals surface area contributed by atoms with Gasteiger partial charge in [0.2, 0.25) is 0 Å². The van der Waals surface area contributed by atoms with Crippen LogP contribution in [0.4, 0.5) is 5.69 Å². The van der Waals surface area contributed by atoms with Crippen LogP contribution in [0.25, 0.3) is 0 Å². The van der Waals surface area contributed by atoms with E-state index in [9.17, 15) is 14.9 Å². The van der Waals surface area contributed by atoms with Gasteiger partial charge >= 0.3 is 5.69 Å². The molecule has 0 aromatic carbocycles. The summed E-state index contributed by atoms with van der Waals surface area (Å²) in [6.07, 6.45) is 0.899. The van der Waals surface area contributed by atoms with E-state index in [1.165, 1.54) is 0 Å². The summed E-state index contributed by atoms with van der Waals surface area (Å²) < 4.78 is 1.59. The molecule has 0 bridgehead atoms. The minimum absolute atomic E-state index is 0.00430. The fraction of sp³-hybridized carbons (Fsp3) is 0.667. The molecule has 0 saturated carbocycles. The number of rotatable bonds is 6. The predicted molar refractivity (Wildman–Crippen MR) is 67.5 cm³/mol. The van der Waals surface area contributed by atoms with Crippen molar-refractivity contribution in [3.8, 4) is 0 Å². The lowest BCUT2D eigenvalue weighted by molar-refractivity contribution is -0.386. The zero-order valence-corrected chi connectivity index (χ0v) is 11.3. The highest BCUT2D eigenvalue weighted by Crippen LogP contribution is 2.24. The van der Waals surface area contributed by atoms with Crippen LogP contribution in [0.15, 0.2) is 0 Å².